The summed E-state index contributed by atoms with van der Waals surface area (Å²) in [6, 6.07) is 8.33. The lowest BCUT2D eigenvalue weighted by molar-refractivity contribution is 0.148. The van der Waals surface area contributed by atoms with E-state index in [-0.39, 0.29) is 18.4 Å². The summed E-state index contributed by atoms with van der Waals surface area (Å²) in [7, 11) is 0. The number of piperazine rings is 1. The number of halogens is 2. The molecule has 1 atom stereocenters. The van der Waals surface area contributed by atoms with Gasteiger partial charge in [0.25, 0.3) is 0 Å². The van der Waals surface area contributed by atoms with Crippen LogP contribution < -0.4 is 5.32 Å². The second-order valence-corrected chi connectivity index (χ2v) is 6.04. The number of rotatable bonds is 5. The number of hydrogen-bond acceptors (Lipinski definition) is 5. The standard InChI is InChI=1S/C16H21ClN4O.ClH/c1-2-4-16-19-15(20-22-16)11-21-8-7-18-10-14(21)12-5-3-6-13(17)9-12;/h3,5-6,9,14,18H,2,4,7-8,10-11H2,1H3;1H. The topological polar surface area (TPSA) is 54.2 Å². The van der Waals surface area contributed by atoms with Crippen LogP contribution in [-0.4, -0.2) is 34.7 Å². The summed E-state index contributed by atoms with van der Waals surface area (Å²) in [4.78, 5) is 6.85. The highest BCUT2D eigenvalue weighted by Gasteiger charge is 2.25. The highest BCUT2D eigenvalue weighted by molar-refractivity contribution is 6.30. The van der Waals surface area contributed by atoms with Gasteiger partial charge in [-0.1, -0.05) is 35.8 Å². The summed E-state index contributed by atoms with van der Waals surface area (Å²) in [6.07, 6.45) is 1.85. The van der Waals surface area contributed by atoms with Crippen molar-refractivity contribution in [3.8, 4) is 0 Å². The number of aryl methyl sites for hydroxylation is 1. The van der Waals surface area contributed by atoms with Crippen molar-refractivity contribution in [3.05, 3.63) is 46.6 Å². The number of nitrogens with zero attached hydrogens (tertiary/aromatic N) is 3. The second kappa shape index (κ2) is 8.64. The van der Waals surface area contributed by atoms with Gasteiger partial charge in [-0.15, -0.1) is 12.4 Å². The van der Waals surface area contributed by atoms with Crippen molar-refractivity contribution in [1.82, 2.24) is 20.4 Å². The molecule has 1 N–H and O–H groups in total. The third kappa shape index (κ3) is 4.67. The Morgan fingerprint density at radius 2 is 2.30 bits per heavy atom. The highest BCUT2D eigenvalue weighted by Crippen LogP contribution is 2.25. The highest BCUT2D eigenvalue weighted by atomic mass is 35.5. The Kier molecular flexibility index (Phi) is 6.84. The monoisotopic (exact) mass is 356 g/mol. The van der Waals surface area contributed by atoms with E-state index in [1.54, 1.807) is 0 Å². The fourth-order valence-electron chi connectivity index (χ4n) is 2.83. The van der Waals surface area contributed by atoms with Crippen molar-refractivity contribution in [3.63, 3.8) is 0 Å². The van der Waals surface area contributed by atoms with Crippen LogP contribution in [-0.2, 0) is 13.0 Å². The molecule has 0 aliphatic carbocycles. The molecule has 1 aromatic heterocycles. The van der Waals surface area contributed by atoms with Crippen LogP contribution in [0.2, 0.25) is 5.02 Å². The summed E-state index contributed by atoms with van der Waals surface area (Å²) in [5.74, 6) is 1.49. The number of benzene rings is 1. The first-order valence-electron chi connectivity index (χ1n) is 7.78. The van der Waals surface area contributed by atoms with Crippen LogP contribution >= 0.6 is 24.0 Å². The van der Waals surface area contributed by atoms with Gasteiger partial charge in [0.2, 0.25) is 5.89 Å². The van der Waals surface area contributed by atoms with Gasteiger partial charge in [-0.25, -0.2) is 0 Å². The van der Waals surface area contributed by atoms with Crippen LogP contribution in [0.25, 0.3) is 0 Å². The molecule has 1 aliphatic rings. The zero-order valence-corrected chi connectivity index (χ0v) is 14.7. The quantitative estimate of drug-likeness (QED) is 0.890. The Morgan fingerprint density at radius 1 is 1.43 bits per heavy atom. The van der Waals surface area contributed by atoms with Crippen LogP contribution in [0.15, 0.2) is 28.8 Å². The molecule has 0 saturated carbocycles. The van der Waals surface area contributed by atoms with Gasteiger partial charge in [0.05, 0.1) is 6.54 Å². The van der Waals surface area contributed by atoms with Crippen molar-refractivity contribution in [1.29, 1.82) is 0 Å². The van der Waals surface area contributed by atoms with Gasteiger partial charge in [0.1, 0.15) is 0 Å². The summed E-state index contributed by atoms with van der Waals surface area (Å²) in [5, 5.41) is 8.32. The van der Waals surface area contributed by atoms with Crippen molar-refractivity contribution in [2.45, 2.75) is 32.4 Å². The molecule has 1 fully saturated rings. The van der Waals surface area contributed by atoms with E-state index in [4.69, 9.17) is 16.1 Å². The van der Waals surface area contributed by atoms with Crippen LogP contribution in [0.1, 0.15) is 36.7 Å². The summed E-state index contributed by atoms with van der Waals surface area (Å²) >= 11 is 6.13. The van der Waals surface area contributed by atoms with E-state index in [1.807, 2.05) is 18.2 Å². The maximum atomic E-state index is 6.13. The van der Waals surface area contributed by atoms with Crippen LogP contribution in [0.3, 0.4) is 0 Å². The first-order valence-corrected chi connectivity index (χ1v) is 8.15. The molecule has 23 heavy (non-hydrogen) atoms. The molecular weight excluding hydrogens is 335 g/mol. The van der Waals surface area contributed by atoms with Crippen molar-refractivity contribution < 1.29 is 4.52 Å². The first-order chi connectivity index (χ1) is 10.8. The average molecular weight is 357 g/mol. The van der Waals surface area contributed by atoms with Crippen molar-refractivity contribution >= 4 is 24.0 Å². The Bertz CT molecular complexity index is 620. The first kappa shape index (κ1) is 18.2. The molecule has 0 bridgehead atoms. The van der Waals surface area contributed by atoms with Gasteiger partial charge < -0.3 is 9.84 Å². The number of hydrogen-bond donors (Lipinski definition) is 1. The molecular formula is C16H22Cl2N4O. The molecule has 5 nitrogen and oxygen atoms in total. The minimum absolute atomic E-state index is 0. The molecule has 1 unspecified atom stereocenters. The molecule has 0 radical (unpaired) electrons. The van der Waals surface area contributed by atoms with E-state index >= 15 is 0 Å². The van der Waals surface area contributed by atoms with Crippen molar-refractivity contribution in [2.75, 3.05) is 19.6 Å². The third-order valence-electron chi connectivity index (χ3n) is 3.91. The third-order valence-corrected chi connectivity index (χ3v) is 4.14. The van der Waals surface area contributed by atoms with E-state index in [1.165, 1.54) is 5.56 Å². The smallest absolute Gasteiger partial charge is 0.226 e. The lowest BCUT2D eigenvalue weighted by Gasteiger charge is -2.35. The number of aromatic nitrogens is 2. The summed E-state index contributed by atoms with van der Waals surface area (Å²) < 4.78 is 5.28. The fraction of sp³-hybridized carbons (Fsp3) is 0.500. The maximum absolute atomic E-state index is 6.13. The normalized spacial score (nSPS) is 18.6. The van der Waals surface area contributed by atoms with E-state index in [0.717, 1.165) is 49.2 Å². The lowest BCUT2D eigenvalue weighted by atomic mass is 10.0. The minimum Gasteiger partial charge on any atom is -0.339 e. The SMILES string of the molecule is CCCc1nc(CN2CCNCC2c2cccc(Cl)c2)no1.Cl. The molecule has 1 saturated heterocycles. The van der Waals surface area contributed by atoms with E-state index in [0.29, 0.717) is 6.54 Å². The maximum Gasteiger partial charge on any atom is 0.226 e. The van der Waals surface area contributed by atoms with Crippen LogP contribution in [0, 0.1) is 0 Å². The average Bonchev–Trinajstić information content (AvgIpc) is 2.95. The fourth-order valence-corrected chi connectivity index (χ4v) is 3.03. The van der Waals surface area contributed by atoms with Gasteiger partial charge in [-0.3, -0.25) is 4.90 Å². The van der Waals surface area contributed by atoms with Gasteiger partial charge >= 0.3 is 0 Å². The molecule has 2 aromatic rings. The Hall–Kier alpha value is -1.14. The zero-order valence-electron chi connectivity index (χ0n) is 13.2. The van der Waals surface area contributed by atoms with Gasteiger partial charge in [-0.05, 0) is 24.1 Å². The van der Waals surface area contributed by atoms with Crippen LogP contribution in [0.4, 0.5) is 0 Å². The van der Waals surface area contributed by atoms with Gasteiger partial charge in [0.15, 0.2) is 5.82 Å². The Balaban J connectivity index is 0.00000192. The predicted octanol–water partition coefficient (Wildman–Crippen LogP) is 3.24. The molecule has 1 aliphatic heterocycles. The predicted molar refractivity (Wildman–Crippen MR) is 93.0 cm³/mol. The van der Waals surface area contributed by atoms with Crippen LogP contribution in [0.5, 0.6) is 0 Å². The second-order valence-electron chi connectivity index (χ2n) is 5.60. The molecule has 3 rings (SSSR count). The summed E-state index contributed by atoms with van der Waals surface area (Å²) in [6.45, 7) is 5.63. The van der Waals surface area contributed by atoms with Gasteiger partial charge in [0, 0.05) is 37.1 Å². The molecule has 7 heteroatoms. The lowest BCUT2D eigenvalue weighted by Crippen LogP contribution is -2.45. The van der Waals surface area contributed by atoms with Gasteiger partial charge in [-0.2, -0.15) is 4.98 Å². The van der Waals surface area contributed by atoms with E-state index in [2.05, 4.69) is 33.3 Å². The largest absolute Gasteiger partial charge is 0.339 e. The van der Waals surface area contributed by atoms with E-state index in [9.17, 15) is 0 Å². The molecule has 0 amide bonds. The molecule has 126 valence electrons. The minimum atomic E-state index is 0. The Morgan fingerprint density at radius 3 is 3.09 bits per heavy atom. The summed E-state index contributed by atoms with van der Waals surface area (Å²) in [5.41, 5.74) is 1.22. The van der Waals surface area contributed by atoms with E-state index < -0.39 is 0 Å². The Labute approximate surface area is 147 Å². The molecule has 0 spiro atoms. The molecule has 2 heterocycles. The van der Waals surface area contributed by atoms with Crippen molar-refractivity contribution in [2.24, 2.45) is 0 Å². The zero-order chi connectivity index (χ0) is 15.4. The molecule has 1 aromatic carbocycles. The number of nitrogens with one attached hydrogen (secondary N) is 1.